The smallest absolute Gasteiger partial charge is 0.358 e. The van der Waals surface area contributed by atoms with E-state index >= 15 is 0 Å². The predicted molar refractivity (Wildman–Crippen MR) is 89.4 cm³/mol. The molecule has 118 valence electrons. The van der Waals surface area contributed by atoms with Crippen molar-refractivity contribution < 1.29 is 4.92 Å². The van der Waals surface area contributed by atoms with E-state index in [4.69, 9.17) is 0 Å². The number of rotatable bonds is 4. The van der Waals surface area contributed by atoms with Crippen LogP contribution in [0.25, 0.3) is 0 Å². The Hall–Kier alpha value is -1.45. The summed E-state index contributed by atoms with van der Waals surface area (Å²) in [5.41, 5.74) is 0. The minimum atomic E-state index is -0.412. The molecule has 0 N–H and O–H groups in total. The molecular weight excluding hydrogens is 370 g/mol. The van der Waals surface area contributed by atoms with E-state index in [1.54, 1.807) is 23.0 Å². The highest BCUT2D eigenvalue weighted by Crippen LogP contribution is 2.28. The van der Waals surface area contributed by atoms with Crippen molar-refractivity contribution in [2.24, 2.45) is 7.05 Å². The summed E-state index contributed by atoms with van der Waals surface area (Å²) >= 11 is 5.23. The average molecular weight is 386 g/mol. The summed E-state index contributed by atoms with van der Waals surface area (Å²) in [5, 5.41) is 11.1. The van der Waals surface area contributed by atoms with Crippen LogP contribution in [0.3, 0.4) is 0 Å². The topological polar surface area (TPSA) is 67.4 Å². The van der Waals surface area contributed by atoms with Gasteiger partial charge in [-0.25, -0.2) is 0 Å². The molecule has 3 heterocycles. The standard InChI is InChI=1S/C13H16BrN5O2S/c1-16-9-15-12(19(20)21)13(16)18-6-4-17(5-7-18)8-10-2-3-11(14)22-10/h2-3,9H,4-8H2,1H3. The second kappa shape index (κ2) is 6.35. The van der Waals surface area contributed by atoms with Crippen molar-refractivity contribution in [1.29, 1.82) is 0 Å². The van der Waals surface area contributed by atoms with Crippen molar-refractivity contribution >= 4 is 38.9 Å². The van der Waals surface area contributed by atoms with Crippen molar-refractivity contribution in [2.75, 3.05) is 31.1 Å². The van der Waals surface area contributed by atoms with Gasteiger partial charge in [0.2, 0.25) is 12.1 Å². The van der Waals surface area contributed by atoms with Crippen LogP contribution in [0.5, 0.6) is 0 Å². The first-order chi connectivity index (χ1) is 10.5. The summed E-state index contributed by atoms with van der Waals surface area (Å²) in [4.78, 5) is 20.3. The van der Waals surface area contributed by atoms with E-state index in [1.165, 1.54) is 11.2 Å². The Morgan fingerprint density at radius 2 is 2.09 bits per heavy atom. The van der Waals surface area contributed by atoms with E-state index in [0.29, 0.717) is 5.82 Å². The van der Waals surface area contributed by atoms with Crippen molar-refractivity contribution in [3.8, 4) is 0 Å². The van der Waals surface area contributed by atoms with Gasteiger partial charge in [0.15, 0.2) is 0 Å². The molecule has 0 aromatic carbocycles. The van der Waals surface area contributed by atoms with E-state index < -0.39 is 4.92 Å². The van der Waals surface area contributed by atoms with Gasteiger partial charge in [-0.1, -0.05) is 0 Å². The molecule has 3 rings (SSSR count). The Morgan fingerprint density at radius 1 is 1.36 bits per heavy atom. The van der Waals surface area contributed by atoms with Gasteiger partial charge in [0, 0.05) is 44.6 Å². The molecule has 0 bridgehead atoms. The molecule has 1 fully saturated rings. The first-order valence-corrected chi connectivity index (χ1v) is 8.53. The first kappa shape index (κ1) is 15.4. The third-order valence-electron chi connectivity index (χ3n) is 3.74. The number of thiophene rings is 1. The average Bonchev–Trinajstić information content (AvgIpc) is 3.06. The van der Waals surface area contributed by atoms with Crippen LogP contribution in [0.4, 0.5) is 11.6 Å². The summed E-state index contributed by atoms with van der Waals surface area (Å²) in [6.07, 6.45) is 1.50. The van der Waals surface area contributed by atoms with Crippen LogP contribution >= 0.6 is 27.3 Å². The molecule has 2 aromatic heterocycles. The van der Waals surface area contributed by atoms with Crippen LogP contribution in [0, 0.1) is 10.1 Å². The van der Waals surface area contributed by atoms with Gasteiger partial charge in [-0.3, -0.25) is 9.47 Å². The fraction of sp³-hybridized carbons (Fsp3) is 0.462. The molecule has 7 nitrogen and oxygen atoms in total. The molecule has 0 spiro atoms. The molecule has 0 unspecified atom stereocenters. The molecule has 1 aliphatic rings. The lowest BCUT2D eigenvalue weighted by molar-refractivity contribution is -0.388. The highest BCUT2D eigenvalue weighted by molar-refractivity contribution is 9.11. The number of anilines is 1. The minimum absolute atomic E-state index is 0.0573. The maximum Gasteiger partial charge on any atom is 0.406 e. The second-order valence-electron chi connectivity index (χ2n) is 5.23. The normalized spacial score (nSPS) is 16.2. The molecule has 1 saturated heterocycles. The zero-order valence-electron chi connectivity index (χ0n) is 12.1. The lowest BCUT2D eigenvalue weighted by Crippen LogP contribution is -2.46. The fourth-order valence-corrected chi connectivity index (χ4v) is 4.21. The van der Waals surface area contributed by atoms with Gasteiger partial charge in [-0.15, -0.1) is 11.3 Å². The molecule has 0 radical (unpaired) electrons. The molecule has 0 saturated carbocycles. The van der Waals surface area contributed by atoms with E-state index in [1.807, 2.05) is 4.90 Å². The quantitative estimate of drug-likeness (QED) is 0.597. The van der Waals surface area contributed by atoms with Gasteiger partial charge in [0.25, 0.3) is 0 Å². The van der Waals surface area contributed by atoms with Crippen LogP contribution in [-0.2, 0) is 13.6 Å². The van der Waals surface area contributed by atoms with Gasteiger partial charge in [-0.05, 0) is 38.0 Å². The minimum Gasteiger partial charge on any atom is -0.358 e. The van der Waals surface area contributed by atoms with E-state index in [2.05, 4.69) is 37.9 Å². The highest BCUT2D eigenvalue weighted by atomic mass is 79.9. The summed E-state index contributed by atoms with van der Waals surface area (Å²) in [7, 11) is 1.80. The van der Waals surface area contributed by atoms with Gasteiger partial charge in [0.1, 0.15) is 0 Å². The molecular formula is C13H16BrN5O2S. The third kappa shape index (κ3) is 3.16. The maximum absolute atomic E-state index is 11.1. The largest absolute Gasteiger partial charge is 0.406 e. The third-order valence-corrected chi connectivity index (χ3v) is 5.35. The molecule has 9 heteroatoms. The summed E-state index contributed by atoms with van der Waals surface area (Å²) in [6, 6.07) is 4.20. The van der Waals surface area contributed by atoms with E-state index in [9.17, 15) is 10.1 Å². The SMILES string of the molecule is Cn1cnc([N+](=O)[O-])c1N1CCN(Cc2ccc(Br)s2)CC1. The lowest BCUT2D eigenvalue weighted by atomic mass is 10.3. The van der Waals surface area contributed by atoms with Gasteiger partial charge < -0.3 is 15.0 Å². The van der Waals surface area contributed by atoms with Crippen LogP contribution in [0.1, 0.15) is 4.88 Å². The number of aromatic nitrogens is 2. The Balaban J connectivity index is 1.64. The zero-order chi connectivity index (χ0) is 15.7. The Bertz CT molecular complexity index is 678. The number of hydrogen-bond donors (Lipinski definition) is 0. The van der Waals surface area contributed by atoms with Crippen molar-refractivity contribution in [3.05, 3.63) is 37.2 Å². The molecule has 2 aromatic rings. The van der Waals surface area contributed by atoms with Gasteiger partial charge in [-0.2, -0.15) is 0 Å². The fourth-order valence-electron chi connectivity index (χ4n) is 2.68. The van der Waals surface area contributed by atoms with Crippen LogP contribution in [0.2, 0.25) is 0 Å². The van der Waals surface area contributed by atoms with Crippen molar-refractivity contribution in [2.45, 2.75) is 6.54 Å². The molecule has 22 heavy (non-hydrogen) atoms. The van der Waals surface area contributed by atoms with Gasteiger partial charge in [0.05, 0.1) is 3.79 Å². The Labute approximate surface area is 140 Å². The van der Waals surface area contributed by atoms with Gasteiger partial charge >= 0.3 is 5.82 Å². The first-order valence-electron chi connectivity index (χ1n) is 6.92. The predicted octanol–water partition coefficient (Wildman–Crippen LogP) is 2.47. The highest BCUT2D eigenvalue weighted by Gasteiger charge is 2.28. The molecule has 0 atom stereocenters. The molecule has 1 aliphatic heterocycles. The summed E-state index contributed by atoms with van der Waals surface area (Å²) in [6.45, 7) is 4.24. The number of imidazole rings is 1. The second-order valence-corrected chi connectivity index (χ2v) is 7.78. The van der Waals surface area contributed by atoms with Crippen molar-refractivity contribution in [3.63, 3.8) is 0 Å². The number of nitrogens with zero attached hydrogens (tertiary/aromatic N) is 5. The van der Waals surface area contributed by atoms with Crippen LogP contribution in [-0.4, -0.2) is 45.6 Å². The zero-order valence-corrected chi connectivity index (χ0v) is 14.5. The number of nitro groups is 1. The summed E-state index contributed by atoms with van der Waals surface area (Å²) < 4.78 is 2.87. The number of hydrogen-bond acceptors (Lipinski definition) is 6. The number of aryl methyl sites for hydroxylation is 1. The Kier molecular flexibility index (Phi) is 4.46. The van der Waals surface area contributed by atoms with Crippen LogP contribution < -0.4 is 4.90 Å². The lowest BCUT2D eigenvalue weighted by Gasteiger charge is -2.35. The van der Waals surface area contributed by atoms with Crippen molar-refractivity contribution in [1.82, 2.24) is 14.5 Å². The number of piperazine rings is 1. The molecule has 0 aliphatic carbocycles. The Morgan fingerprint density at radius 3 is 2.68 bits per heavy atom. The number of halogens is 1. The van der Waals surface area contributed by atoms with E-state index in [-0.39, 0.29) is 5.82 Å². The van der Waals surface area contributed by atoms with E-state index in [0.717, 1.165) is 36.5 Å². The monoisotopic (exact) mass is 385 g/mol. The maximum atomic E-state index is 11.1. The summed E-state index contributed by atoms with van der Waals surface area (Å²) in [5.74, 6) is 0.543. The van der Waals surface area contributed by atoms with Crippen LogP contribution in [0.15, 0.2) is 22.2 Å². The molecule has 0 amide bonds.